The Morgan fingerprint density at radius 1 is 0.970 bits per heavy atom. The highest BCUT2D eigenvalue weighted by molar-refractivity contribution is 6.23. The first-order valence-electron chi connectivity index (χ1n) is 10.3. The predicted octanol–water partition coefficient (Wildman–Crippen LogP) is 3.51. The molecule has 0 atom stereocenters. The molecule has 0 bridgehead atoms. The molecule has 8 heteroatoms. The van der Waals surface area contributed by atoms with Gasteiger partial charge in [0.05, 0.1) is 32.0 Å². The van der Waals surface area contributed by atoms with Crippen LogP contribution in [0.15, 0.2) is 65.4 Å². The van der Waals surface area contributed by atoms with E-state index in [0.717, 1.165) is 0 Å². The predicted molar refractivity (Wildman–Crippen MR) is 122 cm³/mol. The number of esters is 2. The molecule has 0 fully saturated rings. The van der Waals surface area contributed by atoms with Crippen molar-refractivity contribution in [1.29, 1.82) is 0 Å². The normalized spacial score (nSPS) is 14.5. The van der Waals surface area contributed by atoms with Crippen molar-refractivity contribution in [1.82, 2.24) is 0 Å². The van der Waals surface area contributed by atoms with E-state index >= 15 is 0 Å². The second kappa shape index (κ2) is 10.5. The van der Waals surface area contributed by atoms with Crippen molar-refractivity contribution in [2.75, 3.05) is 32.3 Å². The highest BCUT2D eigenvalue weighted by atomic mass is 16.6. The molecule has 1 heterocycles. The first kappa shape index (κ1) is 23.6. The van der Waals surface area contributed by atoms with Crippen LogP contribution in [-0.4, -0.2) is 45.3 Å². The lowest BCUT2D eigenvalue weighted by Gasteiger charge is -2.18. The van der Waals surface area contributed by atoms with Crippen molar-refractivity contribution in [3.63, 3.8) is 0 Å². The fourth-order valence-electron chi connectivity index (χ4n) is 3.35. The summed E-state index contributed by atoms with van der Waals surface area (Å²) in [6.07, 6.45) is 1.63. The number of benzene rings is 2. The van der Waals surface area contributed by atoms with E-state index in [2.05, 4.69) is 4.74 Å². The van der Waals surface area contributed by atoms with Gasteiger partial charge in [0, 0.05) is 11.4 Å². The van der Waals surface area contributed by atoms with Gasteiger partial charge in [0.2, 0.25) is 0 Å². The van der Waals surface area contributed by atoms with E-state index in [4.69, 9.17) is 14.2 Å². The smallest absolute Gasteiger partial charge is 0.343 e. The topological polar surface area (TPSA) is 91.4 Å². The molecule has 1 amide bonds. The number of carbonyl (C=O) groups is 3. The number of amides is 1. The molecule has 0 unspecified atom stereocenters. The van der Waals surface area contributed by atoms with Gasteiger partial charge >= 0.3 is 11.9 Å². The summed E-state index contributed by atoms with van der Waals surface area (Å²) in [5.41, 5.74) is 2.20. The molecular formula is C25H25NO7. The molecule has 0 spiro atoms. The number of allylic oxidation sites excluding steroid dienone is 1. The van der Waals surface area contributed by atoms with Crippen LogP contribution in [0.4, 0.5) is 5.69 Å². The molecule has 0 N–H and O–H groups in total. The molecule has 0 radical (unpaired) electrons. The number of carbonyl (C=O) groups excluding carboxylic acids is 3. The Balaban J connectivity index is 1.94. The van der Waals surface area contributed by atoms with E-state index in [9.17, 15) is 14.4 Å². The standard InChI is InChI=1S/C25H25NO7/c1-5-32-25(29)23-16(2)26(18-8-12-19(30-3)13-9-18)24(28)21(23)14-17-6-10-20(11-7-17)33-15-22(27)31-4/h6-14H,5,15H2,1-4H3/b21-14-. The van der Waals surface area contributed by atoms with Gasteiger partial charge in [-0.25, -0.2) is 9.59 Å². The van der Waals surface area contributed by atoms with Crippen molar-refractivity contribution in [3.05, 3.63) is 70.9 Å². The Bertz CT molecular complexity index is 1100. The molecule has 0 saturated carbocycles. The Hall–Kier alpha value is -4.07. The zero-order valence-corrected chi connectivity index (χ0v) is 18.9. The van der Waals surface area contributed by atoms with Gasteiger partial charge in [-0.1, -0.05) is 12.1 Å². The maximum Gasteiger partial charge on any atom is 0.343 e. The van der Waals surface area contributed by atoms with Gasteiger partial charge in [0.15, 0.2) is 6.61 Å². The summed E-state index contributed by atoms with van der Waals surface area (Å²) in [6, 6.07) is 13.8. The van der Waals surface area contributed by atoms with Gasteiger partial charge in [0.25, 0.3) is 5.91 Å². The Kier molecular flexibility index (Phi) is 7.50. The summed E-state index contributed by atoms with van der Waals surface area (Å²) in [5, 5.41) is 0. The van der Waals surface area contributed by atoms with Gasteiger partial charge in [-0.3, -0.25) is 9.69 Å². The van der Waals surface area contributed by atoms with E-state index < -0.39 is 11.9 Å². The van der Waals surface area contributed by atoms with E-state index in [1.54, 1.807) is 75.6 Å². The minimum absolute atomic E-state index is 0.186. The lowest BCUT2D eigenvalue weighted by Crippen LogP contribution is -2.24. The van der Waals surface area contributed by atoms with Gasteiger partial charge in [0.1, 0.15) is 11.5 Å². The van der Waals surface area contributed by atoms with Crippen LogP contribution >= 0.6 is 0 Å². The number of hydrogen-bond donors (Lipinski definition) is 0. The molecule has 33 heavy (non-hydrogen) atoms. The van der Waals surface area contributed by atoms with Gasteiger partial charge < -0.3 is 18.9 Å². The van der Waals surface area contributed by atoms with Crippen LogP contribution in [-0.2, 0) is 23.9 Å². The Morgan fingerprint density at radius 3 is 2.18 bits per heavy atom. The zero-order chi connectivity index (χ0) is 24.0. The van der Waals surface area contributed by atoms with Crippen LogP contribution < -0.4 is 14.4 Å². The molecule has 1 aliphatic rings. The molecule has 0 saturated heterocycles. The summed E-state index contributed by atoms with van der Waals surface area (Å²) >= 11 is 0. The van der Waals surface area contributed by atoms with Crippen LogP contribution in [0.3, 0.4) is 0 Å². The molecule has 0 aromatic heterocycles. The molecule has 0 aliphatic carbocycles. The van der Waals surface area contributed by atoms with Crippen molar-refractivity contribution in [3.8, 4) is 11.5 Å². The third-order valence-corrected chi connectivity index (χ3v) is 4.99. The van der Waals surface area contributed by atoms with Gasteiger partial charge in [-0.2, -0.15) is 0 Å². The SMILES string of the molecule is CCOC(=O)C1=C(C)N(c2ccc(OC)cc2)C(=O)/C1=C\c1ccc(OCC(=O)OC)cc1. The molecular weight excluding hydrogens is 426 g/mol. The number of ether oxygens (including phenoxy) is 4. The minimum atomic E-state index is -0.566. The fourth-order valence-corrected chi connectivity index (χ4v) is 3.35. The van der Waals surface area contributed by atoms with Gasteiger partial charge in [-0.15, -0.1) is 0 Å². The lowest BCUT2D eigenvalue weighted by molar-refractivity contribution is -0.143. The van der Waals surface area contributed by atoms with E-state index in [-0.39, 0.29) is 30.3 Å². The van der Waals surface area contributed by atoms with Crippen LogP contribution in [0.25, 0.3) is 6.08 Å². The number of methoxy groups -OCH3 is 2. The third kappa shape index (κ3) is 5.23. The van der Waals surface area contributed by atoms with E-state index in [1.807, 2.05) is 0 Å². The maximum atomic E-state index is 13.4. The molecule has 2 aromatic carbocycles. The summed E-state index contributed by atoms with van der Waals surface area (Å²) in [7, 11) is 2.85. The average Bonchev–Trinajstić information content (AvgIpc) is 3.07. The first-order chi connectivity index (χ1) is 15.9. The summed E-state index contributed by atoms with van der Waals surface area (Å²) in [6.45, 7) is 3.40. The fraction of sp³-hybridized carbons (Fsp3) is 0.240. The highest BCUT2D eigenvalue weighted by Gasteiger charge is 2.38. The lowest BCUT2D eigenvalue weighted by atomic mass is 10.0. The molecule has 1 aliphatic heterocycles. The number of hydrogen-bond acceptors (Lipinski definition) is 7. The second-order valence-corrected chi connectivity index (χ2v) is 7.01. The number of nitrogens with zero attached hydrogens (tertiary/aromatic N) is 1. The van der Waals surface area contributed by atoms with Crippen molar-refractivity contribution >= 4 is 29.6 Å². The first-order valence-corrected chi connectivity index (χ1v) is 10.3. The van der Waals surface area contributed by atoms with Crippen LogP contribution in [0.2, 0.25) is 0 Å². The quantitative estimate of drug-likeness (QED) is 0.448. The largest absolute Gasteiger partial charge is 0.497 e. The van der Waals surface area contributed by atoms with Crippen molar-refractivity contribution in [2.24, 2.45) is 0 Å². The zero-order valence-electron chi connectivity index (χ0n) is 18.9. The van der Waals surface area contributed by atoms with Crippen LogP contribution in [0, 0.1) is 0 Å². The Morgan fingerprint density at radius 2 is 1.61 bits per heavy atom. The van der Waals surface area contributed by atoms with Crippen LogP contribution in [0.5, 0.6) is 11.5 Å². The summed E-state index contributed by atoms with van der Waals surface area (Å²) in [5.74, 6) is -0.271. The van der Waals surface area contributed by atoms with Crippen molar-refractivity contribution < 1.29 is 33.3 Å². The monoisotopic (exact) mass is 451 g/mol. The molecule has 3 rings (SSSR count). The minimum Gasteiger partial charge on any atom is -0.497 e. The summed E-state index contributed by atoms with van der Waals surface area (Å²) in [4.78, 5) is 38.8. The highest BCUT2D eigenvalue weighted by Crippen LogP contribution is 2.36. The molecule has 172 valence electrons. The van der Waals surface area contributed by atoms with E-state index in [1.165, 1.54) is 12.0 Å². The average molecular weight is 451 g/mol. The van der Waals surface area contributed by atoms with Crippen LogP contribution in [0.1, 0.15) is 19.4 Å². The number of anilines is 1. The van der Waals surface area contributed by atoms with E-state index in [0.29, 0.717) is 28.4 Å². The molecule has 8 nitrogen and oxygen atoms in total. The maximum absolute atomic E-state index is 13.4. The summed E-state index contributed by atoms with van der Waals surface area (Å²) < 4.78 is 20.3. The van der Waals surface area contributed by atoms with Crippen molar-refractivity contribution in [2.45, 2.75) is 13.8 Å². The second-order valence-electron chi connectivity index (χ2n) is 7.01. The Labute approximate surface area is 192 Å². The molecule has 2 aromatic rings. The number of rotatable bonds is 8. The van der Waals surface area contributed by atoms with Gasteiger partial charge in [-0.05, 0) is 61.9 Å². The third-order valence-electron chi connectivity index (χ3n) is 4.99.